The minimum Gasteiger partial charge on any atom is -0.478 e. The first-order chi connectivity index (χ1) is 8.22. The molecular formula is C13H13NO2S. The van der Waals surface area contributed by atoms with Crippen molar-refractivity contribution < 1.29 is 9.90 Å². The fourth-order valence-electron chi connectivity index (χ4n) is 1.68. The van der Waals surface area contributed by atoms with Crippen LogP contribution in [0.1, 0.15) is 29.4 Å². The number of aryl methyl sites for hydroxylation is 1. The summed E-state index contributed by atoms with van der Waals surface area (Å²) < 4.78 is 0. The monoisotopic (exact) mass is 247 g/mol. The fourth-order valence-corrected chi connectivity index (χ4v) is 2.38. The van der Waals surface area contributed by atoms with E-state index in [-0.39, 0.29) is 0 Å². The van der Waals surface area contributed by atoms with Crippen molar-refractivity contribution in [2.24, 2.45) is 0 Å². The Kier molecular flexibility index (Phi) is 3.54. The topological polar surface area (TPSA) is 50.2 Å². The van der Waals surface area contributed by atoms with E-state index in [0.717, 1.165) is 17.0 Å². The van der Waals surface area contributed by atoms with Crippen LogP contribution in [0, 0.1) is 0 Å². The van der Waals surface area contributed by atoms with Crippen LogP contribution < -0.4 is 0 Å². The molecule has 0 saturated carbocycles. The first kappa shape index (κ1) is 11.8. The van der Waals surface area contributed by atoms with Gasteiger partial charge < -0.3 is 5.11 Å². The molecule has 1 N–H and O–H groups in total. The molecule has 0 bridgehead atoms. The number of carboxylic acid groups (broad SMARTS) is 1. The van der Waals surface area contributed by atoms with Crippen molar-refractivity contribution in [3.05, 3.63) is 40.9 Å². The maximum Gasteiger partial charge on any atom is 0.337 e. The van der Waals surface area contributed by atoms with E-state index >= 15 is 0 Å². The fraction of sp³-hybridized carbons (Fsp3) is 0.231. The number of carboxylic acids is 1. The lowest BCUT2D eigenvalue weighted by Gasteiger charge is -2.06. The highest BCUT2D eigenvalue weighted by molar-refractivity contribution is 7.13. The van der Waals surface area contributed by atoms with Gasteiger partial charge in [-0.05, 0) is 30.0 Å². The molecule has 0 saturated heterocycles. The number of hydrogen-bond donors (Lipinski definition) is 1. The molecule has 0 aliphatic heterocycles. The van der Waals surface area contributed by atoms with Gasteiger partial charge in [0.25, 0.3) is 0 Å². The Balaban J connectivity index is 2.45. The first-order valence-electron chi connectivity index (χ1n) is 5.49. The lowest BCUT2D eigenvalue weighted by molar-refractivity contribution is 0.0695. The quantitative estimate of drug-likeness (QED) is 0.900. The van der Waals surface area contributed by atoms with E-state index in [0.29, 0.717) is 17.7 Å². The number of aromatic carboxylic acids is 1. The summed E-state index contributed by atoms with van der Waals surface area (Å²) in [5.41, 5.74) is 1.84. The summed E-state index contributed by atoms with van der Waals surface area (Å²) in [7, 11) is 0. The minimum absolute atomic E-state index is 0.312. The Morgan fingerprint density at radius 2 is 2.24 bits per heavy atom. The lowest BCUT2D eigenvalue weighted by Crippen LogP contribution is -2.05. The molecule has 0 atom stereocenters. The summed E-state index contributed by atoms with van der Waals surface area (Å²) in [5.74, 6) is -0.904. The van der Waals surface area contributed by atoms with Crippen LogP contribution in [0.25, 0.3) is 10.6 Å². The van der Waals surface area contributed by atoms with Crippen LogP contribution in [0.4, 0.5) is 0 Å². The molecule has 0 aliphatic rings. The van der Waals surface area contributed by atoms with Crippen LogP contribution in [0.15, 0.2) is 29.6 Å². The molecule has 3 nitrogen and oxygen atoms in total. The van der Waals surface area contributed by atoms with Crippen LogP contribution >= 0.6 is 11.3 Å². The zero-order valence-electron chi connectivity index (χ0n) is 9.51. The van der Waals surface area contributed by atoms with Crippen molar-refractivity contribution in [1.82, 2.24) is 4.98 Å². The second-order valence-corrected chi connectivity index (χ2v) is 4.67. The van der Waals surface area contributed by atoms with E-state index < -0.39 is 5.97 Å². The SMILES string of the molecule is CCCc1nc(-c2cccs2)ccc1C(=O)O. The Morgan fingerprint density at radius 1 is 1.41 bits per heavy atom. The van der Waals surface area contributed by atoms with Gasteiger partial charge in [-0.1, -0.05) is 19.4 Å². The van der Waals surface area contributed by atoms with E-state index in [1.165, 1.54) is 0 Å². The highest BCUT2D eigenvalue weighted by Gasteiger charge is 2.12. The van der Waals surface area contributed by atoms with E-state index in [2.05, 4.69) is 4.98 Å². The maximum absolute atomic E-state index is 11.1. The number of pyridine rings is 1. The second-order valence-electron chi connectivity index (χ2n) is 3.72. The van der Waals surface area contributed by atoms with Crippen LogP contribution in [0.5, 0.6) is 0 Å². The Labute approximate surface area is 104 Å². The molecule has 0 aliphatic carbocycles. The predicted octanol–water partition coefficient (Wildman–Crippen LogP) is 3.46. The molecule has 0 radical (unpaired) electrons. The standard InChI is InChI=1S/C13H13NO2S/c1-2-4-10-9(13(15)16)6-7-11(14-10)12-5-3-8-17-12/h3,5-8H,2,4H2,1H3,(H,15,16). The number of rotatable bonds is 4. The Morgan fingerprint density at radius 3 is 2.82 bits per heavy atom. The van der Waals surface area contributed by atoms with Crippen LogP contribution in [0.2, 0.25) is 0 Å². The average molecular weight is 247 g/mol. The van der Waals surface area contributed by atoms with E-state index in [9.17, 15) is 4.79 Å². The first-order valence-corrected chi connectivity index (χ1v) is 6.37. The normalized spacial score (nSPS) is 10.4. The summed E-state index contributed by atoms with van der Waals surface area (Å²) in [6, 6.07) is 7.37. The predicted molar refractivity (Wildman–Crippen MR) is 68.5 cm³/mol. The molecule has 88 valence electrons. The molecule has 4 heteroatoms. The Hall–Kier alpha value is -1.68. The lowest BCUT2D eigenvalue weighted by atomic mass is 10.1. The van der Waals surface area contributed by atoms with E-state index in [1.807, 2.05) is 24.4 Å². The zero-order chi connectivity index (χ0) is 12.3. The van der Waals surface area contributed by atoms with Gasteiger partial charge in [-0.2, -0.15) is 0 Å². The van der Waals surface area contributed by atoms with Crippen molar-refractivity contribution in [1.29, 1.82) is 0 Å². The van der Waals surface area contributed by atoms with Crippen LogP contribution in [-0.4, -0.2) is 16.1 Å². The molecule has 0 fully saturated rings. The average Bonchev–Trinajstić information content (AvgIpc) is 2.82. The third-order valence-corrected chi connectivity index (χ3v) is 3.36. The molecule has 0 spiro atoms. The van der Waals surface area contributed by atoms with E-state index in [1.54, 1.807) is 23.5 Å². The number of thiophene rings is 1. The van der Waals surface area contributed by atoms with Crippen molar-refractivity contribution in [3.63, 3.8) is 0 Å². The molecule has 17 heavy (non-hydrogen) atoms. The number of hydrogen-bond acceptors (Lipinski definition) is 3. The van der Waals surface area contributed by atoms with Gasteiger partial charge in [0.15, 0.2) is 0 Å². The molecular weight excluding hydrogens is 234 g/mol. The Bertz CT molecular complexity index is 520. The number of nitrogens with zero attached hydrogens (tertiary/aromatic N) is 1. The van der Waals surface area contributed by atoms with E-state index in [4.69, 9.17) is 5.11 Å². The molecule has 0 unspecified atom stereocenters. The largest absolute Gasteiger partial charge is 0.478 e. The van der Waals surface area contributed by atoms with Gasteiger partial charge in [-0.3, -0.25) is 4.98 Å². The molecule has 2 aromatic rings. The van der Waals surface area contributed by atoms with Gasteiger partial charge in [0.05, 0.1) is 21.8 Å². The smallest absolute Gasteiger partial charge is 0.337 e. The summed E-state index contributed by atoms with van der Waals surface area (Å²) >= 11 is 1.61. The van der Waals surface area contributed by atoms with Gasteiger partial charge in [0.1, 0.15) is 0 Å². The van der Waals surface area contributed by atoms with Gasteiger partial charge in [-0.25, -0.2) is 4.79 Å². The third-order valence-electron chi connectivity index (χ3n) is 2.47. The second kappa shape index (κ2) is 5.10. The summed E-state index contributed by atoms with van der Waals surface area (Å²) in [5, 5.41) is 11.1. The van der Waals surface area contributed by atoms with Crippen molar-refractivity contribution in [2.75, 3.05) is 0 Å². The number of aromatic nitrogens is 1. The van der Waals surface area contributed by atoms with Gasteiger partial charge >= 0.3 is 5.97 Å². The number of carbonyl (C=O) groups is 1. The van der Waals surface area contributed by atoms with Gasteiger partial charge in [0, 0.05) is 0 Å². The van der Waals surface area contributed by atoms with Crippen molar-refractivity contribution in [2.45, 2.75) is 19.8 Å². The maximum atomic E-state index is 11.1. The molecule has 0 aromatic carbocycles. The van der Waals surface area contributed by atoms with Gasteiger partial charge in [-0.15, -0.1) is 11.3 Å². The highest BCUT2D eigenvalue weighted by atomic mass is 32.1. The van der Waals surface area contributed by atoms with Crippen molar-refractivity contribution >= 4 is 17.3 Å². The molecule has 0 amide bonds. The van der Waals surface area contributed by atoms with Crippen LogP contribution in [0.3, 0.4) is 0 Å². The molecule has 2 aromatic heterocycles. The summed E-state index contributed by atoms with van der Waals surface area (Å²) in [4.78, 5) is 16.6. The highest BCUT2D eigenvalue weighted by Crippen LogP contribution is 2.24. The summed E-state index contributed by atoms with van der Waals surface area (Å²) in [6.45, 7) is 2.02. The zero-order valence-corrected chi connectivity index (χ0v) is 10.3. The third kappa shape index (κ3) is 2.53. The van der Waals surface area contributed by atoms with Gasteiger partial charge in [0.2, 0.25) is 0 Å². The minimum atomic E-state index is -0.904. The van der Waals surface area contributed by atoms with Crippen molar-refractivity contribution in [3.8, 4) is 10.6 Å². The molecule has 2 heterocycles. The summed E-state index contributed by atoms with van der Waals surface area (Å²) in [6.07, 6.45) is 1.59. The molecule has 2 rings (SSSR count). The van der Waals surface area contributed by atoms with Crippen LogP contribution in [-0.2, 0) is 6.42 Å².